The van der Waals surface area contributed by atoms with Gasteiger partial charge in [-0.25, -0.2) is 4.79 Å². The van der Waals surface area contributed by atoms with E-state index in [1.165, 1.54) is 0 Å². The van der Waals surface area contributed by atoms with Crippen LogP contribution < -0.4 is 16.0 Å². The van der Waals surface area contributed by atoms with E-state index in [0.717, 1.165) is 43.1 Å². The molecule has 1 aliphatic carbocycles. The van der Waals surface area contributed by atoms with Gasteiger partial charge in [0.05, 0.1) is 12.2 Å². The van der Waals surface area contributed by atoms with Crippen molar-refractivity contribution in [3.63, 3.8) is 0 Å². The van der Waals surface area contributed by atoms with Crippen molar-refractivity contribution in [2.24, 2.45) is 4.99 Å². The second-order valence-corrected chi connectivity index (χ2v) is 8.64. The Hall–Kier alpha value is -1.52. The number of hydrogen-bond donors (Lipinski definition) is 3. The lowest BCUT2D eigenvalue weighted by atomic mass is 9.91. The second kappa shape index (κ2) is 11.6. The van der Waals surface area contributed by atoms with E-state index in [1.807, 2.05) is 26.8 Å². The number of alkyl carbamates (subject to hydrolysis) is 1. The molecule has 1 aromatic rings. The van der Waals surface area contributed by atoms with E-state index >= 15 is 0 Å². The molecule has 0 saturated heterocycles. The standard InChI is InChI=1S/C20H35N5O3.HI/c1-13(2)17-11-16(28-25-17)12-22-18(21-6)23-14-7-9-15(10-8-14)24-19(26)27-20(3,4)5;/h11,13-15H,7-10,12H2,1-6H3,(H,24,26)(H2,21,22,23);1H. The van der Waals surface area contributed by atoms with Gasteiger partial charge in [-0.05, 0) is 52.4 Å². The number of amides is 1. The maximum Gasteiger partial charge on any atom is 0.407 e. The molecule has 0 aromatic carbocycles. The molecular weight excluding hydrogens is 485 g/mol. The van der Waals surface area contributed by atoms with Gasteiger partial charge < -0.3 is 25.2 Å². The minimum Gasteiger partial charge on any atom is -0.444 e. The minimum atomic E-state index is -0.472. The van der Waals surface area contributed by atoms with Crippen molar-refractivity contribution < 1.29 is 14.1 Å². The molecule has 1 aliphatic rings. The van der Waals surface area contributed by atoms with Crippen molar-refractivity contribution >= 4 is 36.0 Å². The SMILES string of the molecule is CN=C(NCc1cc(C(C)C)no1)NC1CCC(NC(=O)OC(C)(C)C)CC1.I. The molecule has 1 fully saturated rings. The van der Waals surface area contributed by atoms with Crippen LogP contribution in [0.4, 0.5) is 4.79 Å². The summed E-state index contributed by atoms with van der Waals surface area (Å²) in [6.45, 7) is 10.3. The number of hydrogen-bond acceptors (Lipinski definition) is 5. The molecule has 2 rings (SSSR count). The molecular formula is C20H36IN5O3. The molecule has 1 saturated carbocycles. The van der Waals surface area contributed by atoms with Crippen LogP contribution in [0.3, 0.4) is 0 Å². The fourth-order valence-electron chi connectivity index (χ4n) is 3.10. The van der Waals surface area contributed by atoms with Crippen LogP contribution in [0.5, 0.6) is 0 Å². The summed E-state index contributed by atoms with van der Waals surface area (Å²) in [6.07, 6.45) is 3.40. The van der Waals surface area contributed by atoms with Crippen LogP contribution in [0.15, 0.2) is 15.6 Å². The van der Waals surface area contributed by atoms with Crippen LogP contribution in [-0.2, 0) is 11.3 Å². The quantitative estimate of drug-likeness (QED) is 0.309. The first kappa shape index (κ1) is 25.5. The predicted octanol–water partition coefficient (Wildman–Crippen LogP) is 3.92. The van der Waals surface area contributed by atoms with E-state index in [4.69, 9.17) is 9.26 Å². The lowest BCUT2D eigenvalue weighted by molar-refractivity contribution is 0.0490. The Labute approximate surface area is 191 Å². The van der Waals surface area contributed by atoms with Crippen molar-refractivity contribution in [3.8, 4) is 0 Å². The van der Waals surface area contributed by atoms with Gasteiger partial charge in [0.2, 0.25) is 0 Å². The maximum absolute atomic E-state index is 11.9. The van der Waals surface area contributed by atoms with Crippen molar-refractivity contribution in [2.45, 2.75) is 90.4 Å². The van der Waals surface area contributed by atoms with Gasteiger partial charge in [0.25, 0.3) is 0 Å². The van der Waals surface area contributed by atoms with Gasteiger partial charge in [0.1, 0.15) is 5.60 Å². The van der Waals surface area contributed by atoms with Crippen molar-refractivity contribution in [2.75, 3.05) is 7.05 Å². The van der Waals surface area contributed by atoms with Crippen molar-refractivity contribution in [1.82, 2.24) is 21.1 Å². The summed E-state index contributed by atoms with van der Waals surface area (Å²) in [5.74, 6) is 1.88. The molecule has 3 N–H and O–H groups in total. The van der Waals surface area contributed by atoms with Crippen molar-refractivity contribution in [1.29, 1.82) is 0 Å². The average Bonchev–Trinajstić information content (AvgIpc) is 3.07. The number of aromatic nitrogens is 1. The fourth-order valence-corrected chi connectivity index (χ4v) is 3.10. The zero-order chi connectivity index (χ0) is 20.7. The summed E-state index contributed by atoms with van der Waals surface area (Å²) in [4.78, 5) is 16.2. The Bertz CT molecular complexity index is 661. The molecule has 166 valence electrons. The number of rotatable bonds is 5. The van der Waals surface area contributed by atoms with E-state index in [2.05, 4.69) is 39.9 Å². The predicted molar refractivity (Wildman–Crippen MR) is 125 cm³/mol. The average molecular weight is 521 g/mol. The summed E-state index contributed by atoms with van der Waals surface area (Å²) >= 11 is 0. The number of halogens is 1. The third-order valence-corrected chi connectivity index (χ3v) is 4.61. The number of guanidine groups is 1. The molecule has 0 bridgehead atoms. The van der Waals surface area contributed by atoms with E-state index in [9.17, 15) is 4.79 Å². The first-order valence-corrected chi connectivity index (χ1v) is 10.1. The van der Waals surface area contributed by atoms with Crippen LogP contribution in [-0.4, -0.2) is 41.9 Å². The number of aliphatic imine (C=N–C) groups is 1. The molecule has 0 unspecified atom stereocenters. The number of nitrogens with zero attached hydrogens (tertiary/aromatic N) is 2. The van der Waals surface area contributed by atoms with Gasteiger partial charge in [-0.15, -0.1) is 24.0 Å². The van der Waals surface area contributed by atoms with Crippen LogP contribution in [0.25, 0.3) is 0 Å². The van der Waals surface area contributed by atoms with Crippen LogP contribution in [0.2, 0.25) is 0 Å². The number of carbonyl (C=O) groups is 1. The Morgan fingerprint density at radius 3 is 2.31 bits per heavy atom. The van der Waals surface area contributed by atoms with Crippen LogP contribution in [0.1, 0.15) is 77.7 Å². The highest BCUT2D eigenvalue weighted by molar-refractivity contribution is 14.0. The summed E-state index contributed by atoms with van der Waals surface area (Å²) in [5.41, 5.74) is 0.482. The molecule has 1 heterocycles. The lowest BCUT2D eigenvalue weighted by Crippen LogP contribution is -2.47. The summed E-state index contributed by atoms with van der Waals surface area (Å²) in [5, 5.41) is 13.8. The van der Waals surface area contributed by atoms with Crippen molar-refractivity contribution in [3.05, 3.63) is 17.5 Å². The molecule has 9 heteroatoms. The molecule has 0 spiro atoms. The Balaban J connectivity index is 0.00000420. The second-order valence-electron chi connectivity index (χ2n) is 8.64. The van der Waals surface area contributed by atoms with Crippen LogP contribution in [0, 0.1) is 0 Å². The van der Waals surface area contributed by atoms with Gasteiger partial charge in [-0.3, -0.25) is 4.99 Å². The normalized spacial score (nSPS) is 20.0. The number of ether oxygens (including phenoxy) is 1. The highest BCUT2D eigenvalue weighted by Crippen LogP contribution is 2.19. The Morgan fingerprint density at radius 2 is 1.83 bits per heavy atom. The minimum absolute atomic E-state index is 0. The fraction of sp³-hybridized carbons (Fsp3) is 0.750. The van der Waals surface area contributed by atoms with Gasteiger partial charge >= 0.3 is 6.09 Å². The smallest absolute Gasteiger partial charge is 0.407 e. The van der Waals surface area contributed by atoms with E-state index in [-0.39, 0.29) is 36.1 Å². The Kier molecular flexibility index (Phi) is 10.2. The molecule has 1 amide bonds. The highest BCUT2D eigenvalue weighted by Gasteiger charge is 2.25. The van der Waals surface area contributed by atoms with Gasteiger partial charge in [0.15, 0.2) is 11.7 Å². The van der Waals surface area contributed by atoms with Gasteiger partial charge in [0, 0.05) is 25.2 Å². The Morgan fingerprint density at radius 1 is 1.24 bits per heavy atom. The lowest BCUT2D eigenvalue weighted by Gasteiger charge is -2.31. The number of carbonyl (C=O) groups excluding carboxylic acids is 1. The molecule has 29 heavy (non-hydrogen) atoms. The van der Waals surface area contributed by atoms with Gasteiger partial charge in [-0.1, -0.05) is 19.0 Å². The van der Waals surface area contributed by atoms with Gasteiger partial charge in [-0.2, -0.15) is 0 Å². The summed E-state index contributed by atoms with van der Waals surface area (Å²) in [6, 6.07) is 2.45. The maximum atomic E-state index is 11.9. The first-order chi connectivity index (χ1) is 13.2. The van der Waals surface area contributed by atoms with E-state index in [0.29, 0.717) is 18.5 Å². The van der Waals surface area contributed by atoms with Crippen LogP contribution >= 0.6 is 24.0 Å². The summed E-state index contributed by atoms with van der Waals surface area (Å²) in [7, 11) is 1.75. The third-order valence-electron chi connectivity index (χ3n) is 4.61. The molecule has 1 aromatic heterocycles. The summed E-state index contributed by atoms with van der Waals surface area (Å²) < 4.78 is 10.7. The monoisotopic (exact) mass is 521 g/mol. The van der Waals surface area contributed by atoms with E-state index in [1.54, 1.807) is 7.05 Å². The number of nitrogens with one attached hydrogen (secondary N) is 3. The first-order valence-electron chi connectivity index (χ1n) is 10.1. The third kappa shape index (κ3) is 9.22. The largest absolute Gasteiger partial charge is 0.444 e. The highest BCUT2D eigenvalue weighted by atomic mass is 127. The topological polar surface area (TPSA) is 101 Å². The zero-order valence-corrected chi connectivity index (χ0v) is 20.7. The molecule has 0 radical (unpaired) electrons. The van der Waals surface area contributed by atoms with E-state index < -0.39 is 5.60 Å². The zero-order valence-electron chi connectivity index (χ0n) is 18.4. The molecule has 0 atom stereocenters. The molecule has 8 nitrogen and oxygen atoms in total. The molecule has 0 aliphatic heterocycles.